The van der Waals surface area contributed by atoms with Crippen LogP contribution >= 0.6 is 0 Å². The zero-order chi connectivity index (χ0) is 15.1. The van der Waals surface area contributed by atoms with Gasteiger partial charge in [0, 0.05) is 25.2 Å². The van der Waals surface area contributed by atoms with Crippen molar-refractivity contribution in [3.63, 3.8) is 0 Å². The topological polar surface area (TPSA) is 147 Å². The molecule has 0 aliphatic rings. The zero-order valence-electron chi connectivity index (χ0n) is 10.9. The van der Waals surface area contributed by atoms with Gasteiger partial charge in [-0.25, -0.2) is 0 Å². The van der Waals surface area contributed by atoms with Crippen molar-refractivity contribution in [3.05, 3.63) is 23.8 Å². The lowest BCUT2D eigenvalue weighted by Crippen LogP contribution is -2.32. The fourth-order valence-electron chi connectivity index (χ4n) is 1.59. The Balaban J connectivity index is 2.66. The first-order valence-corrected chi connectivity index (χ1v) is 6.21. The molecule has 0 bridgehead atoms. The quantitative estimate of drug-likeness (QED) is 0.296. The van der Waals surface area contributed by atoms with E-state index in [1.54, 1.807) is 0 Å². The third kappa shape index (κ3) is 5.08. The minimum atomic E-state index is -1.26. The molecule has 4 atom stereocenters. The van der Waals surface area contributed by atoms with Crippen molar-refractivity contribution in [2.24, 2.45) is 0 Å². The van der Waals surface area contributed by atoms with Gasteiger partial charge in [0.25, 0.3) is 0 Å². The number of aliphatic hydroxyl groups excluding tert-OH is 6. The molecule has 0 aliphatic heterocycles. The third-order valence-electron chi connectivity index (χ3n) is 2.83. The highest BCUT2D eigenvalue weighted by molar-refractivity contribution is 5.06. The van der Waals surface area contributed by atoms with Crippen LogP contribution < -0.4 is 0 Å². The Kier molecular flexibility index (Phi) is 6.93. The molecule has 0 aliphatic carbocycles. The summed E-state index contributed by atoms with van der Waals surface area (Å²) >= 11 is 0. The first kappa shape index (κ1) is 16.9. The molecule has 1 aromatic rings. The Morgan fingerprint density at radius 2 is 1.15 bits per heavy atom. The van der Waals surface area contributed by atoms with E-state index < -0.39 is 37.6 Å². The predicted molar refractivity (Wildman–Crippen MR) is 67.6 cm³/mol. The molecule has 0 saturated carbocycles. The number of nitrogens with zero attached hydrogens (tertiary/aromatic N) is 2. The van der Waals surface area contributed by atoms with Gasteiger partial charge in [0.1, 0.15) is 12.2 Å². The van der Waals surface area contributed by atoms with E-state index in [-0.39, 0.29) is 12.8 Å². The van der Waals surface area contributed by atoms with Crippen LogP contribution in [0, 0.1) is 0 Å². The Morgan fingerprint density at radius 1 is 0.750 bits per heavy atom. The Bertz CT molecular complexity index is 372. The molecule has 8 heteroatoms. The van der Waals surface area contributed by atoms with Gasteiger partial charge in [-0.1, -0.05) is 0 Å². The summed E-state index contributed by atoms with van der Waals surface area (Å²) in [6.07, 6.45) is -2.07. The summed E-state index contributed by atoms with van der Waals surface area (Å²) in [5, 5.41) is 55.1. The lowest BCUT2D eigenvalue weighted by molar-refractivity contribution is -0.0148. The van der Waals surface area contributed by atoms with E-state index in [0.29, 0.717) is 11.4 Å². The van der Waals surface area contributed by atoms with Crippen molar-refractivity contribution in [1.29, 1.82) is 0 Å². The van der Waals surface area contributed by atoms with Gasteiger partial charge in [-0.05, 0) is 0 Å². The molecule has 0 aromatic carbocycles. The smallest absolute Gasteiger partial charge is 0.103 e. The lowest BCUT2D eigenvalue weighted by atomic mass is 10.1. The second-order valence-corrected chi connectivity index (χ2v) is 4.54. The second kappa shape index (κ2) is 8.20. The van der Waals surface area contributed by atoms with E-state index in [9.17, 15) is 20.4 Å². The van der Waals surface area contributed by atoms with Crippen LogP contribution in [0.2, 0.25) is 0 Å². The molecule has 0 radical (unpaired) electrons. The number of hydrogen-bond donors (Lipinski definition) is 6. The average Bonchev–Trinajstić information content (AvgIpc) is 2.45. The molecule has 8 nitrogen and oxygen atoms in total. The standard InChI is InChI=1S/C12H20N2O6/c15-5-11(19)9(17)1-7-3-13-4-8(14-7)2-10(18)12(20)6-16/h3-4,9-12,15-20H,1-2,5-6H2/t9-,10-,11+,12+/m0/s1. The molecule has 0 fully saturated rings. The maximum absolute atomic E-state index is 9.57. The van der Waals surface area contributed by atoms with Crippen molar-refractivity contribution < 1.29 is 30.6 Å². The first-order valence-electron chi connectivity index (χ1n) is 6.21. The van der Waals surface area contributed by atoms with Crippen LogP contribution in [0.3, 0.4) is 0 Å². The largest absolute Gasteiger partial charge is 0.394 e. The van der Waals surface area contributed by atoms with Crippen molar-refractivity contribution >= 4 is 0 Å². The normalized spacial score (nSPS) is 17.5. The summed E-state index contributed by atoms with van der Waals surface area (Å²) in [4.78, 5) is 8.01. The molecule has 0 amide bonds. The Labute approximate surface area is 116 Å². The number of aromatic nitrogens is 2. The van der Waals surface area contributed by atoms with E-state index in [1.165, 1.54) is 12.4 Å². The highest BCUT2D eigenvalue weighted by Gasteiger charge is 2.19. The molecule has 1 heterocycles. The molecular formula is C12H20N2O6. The number of rotatable bonds is 8. The van der Waals surface area contributed by atoms with Crippen molar-refractivity contribution in [2.75, 3.05) is 13.2 Å². The molecule has 1 aromatic heterocycles. The molecule has 6 N–H and O–H groups in total. The van der Waals surface area contributed by atoms with Gasteiger partial charge < -0.3 is 30.6 Å². The summed E-state index contributed by atoms with van der Waals surface area (Å²) in [5.41, 5.74) is 0.765. The van der Waals surface area contributed by atoms with Gasteiger partial charge in [-0.2, -0.15) is 0 Å². The maximum Gasteiger partial charge on any atom is 0.103 e. The minimum Gasteiger partial charge on any atom is -0.394 e. The van der Waals surface area contributed by atoms with Crippen LogP contribution in [-0.4, -0.2) is 78.2 Å². The van der Waals surface area contributed by atoms with E-state index in [1.807, 2.05) is 0 Å². The van der Waals surface area contributed by atoms with Crippen LogP contribution in [0.15, 0.2) is 12.4 Å². The third-order valence-corrected chi connectivity index (χ3v) is 2.83. The summed E-state index contributed by atoms with van der Waals surface area (Å²) < 4.78 is 0. The summed E-state index contributed by atoms with van der Waals surface area (Å²) in [6.45, 7) is -1.12. The summed E-state index contributed by atoms with van der Waals surface area (Å²) in [5.74, 6) is 0. The fourth-order valence-corrected chi connectivity index (χ4v) is 1.59. The predicted octanol–water partition coefficient (Wildman–Crippen LogP) is -3.01. The van der Waals surface area contributed by atoms with Crippen molar-refractivity contribution in [2.45, 2.75) is 37.3 Å². The molecule has 0 unspecified atom stereocenters. The SMILES string of the molecule is OC[C@@H](O)[C@@H](O)Cc1cncc(C[C@H](O)[C@H](O)CO)n1. The molecule has 0 saturated heterocycles. The second-order valence-electron chi connectivity index (χ2n) is 4.54. The molecule has 1 rings (SSSR count). The van der Waals surface area contributed by atoms with Gasteiger partial charge in [-0.15, -0.1) is 0 Å². The maximum atomic E-state index is 9.57. The van der Waals surface area contributed by atoms with Gasteiger partial charge in [-0.3, -0.25) is 9.97 Å². The van der Waals surface area contributed by atoms with E-state index in [2.05, 4.69) is 9.97 Å². The highest BCUT2D eigenvalue weighted by Crippen LogP contribution is 2.07. The van der Waals surface area contributed by atoms with Crippen LogP contribution in [0.1, 0.15) is 11.4 Å². The minimum absolute atomic E-state index is 0.00121. The fraction of sp³-hybridized carbons (Fsp3) is 0.667. The van der Waals surface area contributed by atoms with E-state index >= 15 is 0 Å². The Hall–Kier alpha value is -1.16. The molecule has 0 spiro atoms. The van der Waals surface area contributed by atoms with Crippen LogP contribution in [0.5, 0.6) is 0 Å². The van der Waals surface area contributed by atoms with Crippen molar-refractivity contribution in [3.8, 4) is 0 Å². The first-order chi connectivity index (χ1) is 9.47. The van der Waals surface area contributed by atoms with E-state index in [0.717, 1.165) is 0 Å². The molecule has 114 valence electrons. The van der Waals surface area contributed by atoms with Gasteiger partial charge in [0.05, 0.1) is 36.8 Å². The van der Waals surface area contributed by atoms with Gasteiger partial charge in [0.2, 0.25) is 0 Å². The summed E-state index contributed by atoms with van der Waals surface area (Å²) in [6, 6.07) is 0. The average molecular weight is 288 g/mol. The number of aliphatic hydroxyl groups is 6. The zero-order valence-corrected chi connectivity index (χ0v) is 10.9. The van der Waals surface area contributed by atoms with Gasteiger partial charge in [0.15, 0.2) is 0 Å². The number of hydrogen-bond acceptors (Lipinski definition) is 8. The highest BCUT2D eigenvalue weighted by atomic mass is 16.4. The Morgan fingerprint density at radius 3 is 1.50 bits per heavy atom. The monoisotopic (exact) mass is 288 g/mol. The lowest BCUT2D eigenvalue weighted by Gasteiger charge is -2.16. The van der Waals surface area contributed by atoms with Crippen LogP contribution in [0.25, 0.3) is 0 Å². The van der Waals surface area contributed by atoms with Crippen LogP contribution in [0.4, 0.5) is 0 Å². The van der Waals surface area contributed by atoms with Crippen molar-refractivity contribution in [1.82, 2.24) is 9.97 Å². The van der Waals surface area contributed by atoms with Crippen LogP contribution in [-0.2, 0) is 12.8 Å². The molecule has 20 heavy (non-hydrogen) atoms. The molecular weight excluding hydrogens is 268 g/mol. The van der Waals surface area contributed by atoms with Gasteiger partial charge >= 0.3 is 0 Å². The summed E-state index contributed by atoms with van der Waals surface area (Å²) in [7, 11) is 0. The van der Waals surface area contributed by atoms with E-state index in [4.69, 9.17) is 10.2 Å².